The third-order valence-corrected chi connectivity index (χ3v) is 1.71. The van der Waals surface area contributed by atoms with Crippen molar-refractivity contribution in [2.75, 3.05) is 0 Å². The van der Waals surface area contributed by atoms with E-state index >= 15 is 0 Å². The van der Waals surface area contributed by atoms with Crippen molar-refractivity contribution < 1.29 is 9.59 Å². The molecule has 0 aliphatic carbocycles. The van der Waals surface area contributed by atoms with Crippen LogP contribution in [0.1, 0.15) is 27.7 Å². The van der Waals surface area contributed by atoms with E-state index in [2.05, 4.69) is 5.32 Å². The van der Waals surface area contributed by atoms with Crippen LogP contribution >= 0.6 is 0 Å². The summed E-state index contributed by atoms with van der Waals surface area (Å²) in [6.45, 7) is 6.42. The SMILES string of the molecule is CC(=O)/C(C)=C/N/C=C(\C)C(C)=O. The molecule has 0 aromatic heterocycles. The average Bonchev–Trinajstić information content (AvgIpc) is 2.03. The molecule has 0 atom stereocenters. The van der Waals surface area contributed by atoms with Crippen LogP contribution in [0.4, 0.5) is 0 Å². The summed E-state index contributed by atoms with van der Waals surface area (Å²) in [6.07, 6.45) is 3.16. The highest BCUT2D eigenvalue weighted by molar-refractivity contribution is 5.93. The molecule has 13 heavy (non-hydrogen) atoms. The zero-order valence-corrected chi connectivity index (χ0v) is 8.47. The first kappa shape index (κ1) is 11.6. The lowest BCUT2D eigenvalue weighted by molar-refractivity contribution is -0.114. The lowest BCUT2D eigenvalue weighted by atomic mass is 10.2. The Bertz CT molecular complexity index is 247. The number of carbonyl (C=O) groups is 2. The summed E-state index contributed by atoms with van der Waals surface area (Å²) < 4.78 is 0. The summed E-state index contributed by atoms with van der Waals surface area (Å²) in [4.78, 5) is 21.5. The molecule has 1 N–H and O–H groups in total. The fourth-order valence-electron chi connectivity index (χ4n) is 0.495. The molecule has 0 radical (unpaired) electrons. The molecule has 0 aromatic carbocycles. The predicted molar refractivity (Wildman–Crippen MR) is 52.0 cm³/mol. The van der Waals surface area contributed by atoms with Gasteiger partial charge in [-0.3, -0.25) is 9.59 Å². The molecule has 0 fully saturated rings. The van der Waals surface area contributed by atoms with E-state index in [1.807, 2.05) is 0 Å². The Kier molecular flexibility index (Phi) is 4.74. The van der Waals surface area contributed by atoms with E-state index in [1.165, 1.54) is 13.8 Å². The maximum absolute atomic E-state index is 10.8. The minimum Gasteiger partial charge on any atom is -0.367 e. The van der Waals surface area contributed by atoms with Gasteiger partial charge in [0.2, 0.25) is 0 Å². The molecule has 0 heterocycles. The zero-order chi connectivity index (χ0) is 10.4. The van der Waals surface area contributed by atoms with Crippen molar-refractivity contribution in [1.82, 2.24) is 5.32 Å². The van der Waals surface area contributed by atoms with Crippen LogP contribution in [0.25, 0.3) is 0 Å². The van der Waals surface area contributed by atoms with Crippen molar-refractivity contribution in [2.45, 2.75) is 27.7 Å². The number of hydrogen-bond acceptors (Lipinski definition) is 3. The lowest BCUT2D eigenvalue weighted by Crippen LogP contribution is -2.03. The molecule has 0 saturated heterocycles. The van der Waals surface area contributed by atoms with Gasteiger partial charge < -0.3 is 5.32 Å². The number of rotatable bonds is 4. The molecular weight excluding hydrogens is 166 g/mol. The predicted octanol–water partition coefficient (Wildman–Crippen LogP) is 1.56. The minimum absolute atomic E-state index is 0.0152. The molecule has 0 aromatic rings. The van der Waals surface area contributed by atoms with Crippen LogP contribution in [-0.4, -0.2) is 11.6 Å². The second kappa shape index (κ2) is 5.30. The van der Waals surface area contributed by atoms with E-state index in [0.29, 0.717) is 11.1 Å². The summed E-state index contributed by atoms with van der Waals surface area (Å²) in [6, 6.07) is 0. The molecule has 0 unspecified atom stereocenters. The molecule has 0 bridgehead atoms. The number of Topliss-reactive ketones (excluding diaryl/α,β-unsaturated/α-hetero) is 2. The van der Waals surface area contributed by atoms with Gasteiger partial charge in [0.25, 0.3) is 0 Å². The summed E-state index contributed by atoms with van der Waals surface area (Å²) in [5, 5.41) is 2.78. The summed E-state index contributed by atoms with van der Waals surface area (Å²) in [7, 11) is 0. The van der Waals surface area contributed by atoms with Gasteiger partial charge in [-0.05, 0) is 27.7 Å². The highest BCUT2D eigenvalue weighted by Crippen LogP contribution is 1.93. The van der Waals surface area contributed by atoms with Crippen LogP contribution < -0.4 is 5.32 Å². The van der Waals surface area contributed by atoms with Crippen LogP contribution in [-0.2, 0) is 9.59 Å². The first-order valence-electron chi connectivity index (χ1n) is 4.06. The highest BCUT2D eigenvalue weighted by atomic mass is 16.1. The number of nitrogens with one attached hydrogen (secondary N) is 1. The third-order valence-electron chi connectivity index (χ3n) is 1.71. The van der Waals surface area contributed by atoms with E-state index < -0.39 is 0 Å². The van der Waals surface area contributed by atoms with E-state index in [1.54, 1.807) is 26.2 Å². The summed E-state index contributed by atoms with van der Waals surface area (Å²) in [5.41, 5.74) is 1.26. The quantitative estimate of drug-likeness (QED) is 0.669. The van der Waals surface area contributed by atoms with E-state index in [-0.39, 0.29) is 11.6 Å². The van der Waals surface area contributed by atoms with Crippen molar-refractivity contribution in [3.05, 3.63) is 23.5 Å². The Hall–Kier alpha value is -1.38. The maximum Gasteiger partial charge on any atom is 0.156 e. The zero-order valence-electron chi connectivity index (χ0n) is 8.47. The Labute approximate surface area is 78.5 Å². The van der Waals surface area contributed by atoms with Gasteiger partial charge in [-0.2, -0.15) is 0 Å². The molecule has 3 heteroatoms. The molecule has 0 saturated carbocycles. The van der Waals surface area contributed by atoms with Gasteiger partial charge in [-0.1, -0.05) is 0 Å². The average molecular weight is 181 g/mol. The van der Waals surface area contributed by atoms with Gasteiger partial charge in [0, 0.05) is 23.5 Å². The monoisotopic (exact) mass is 181 g/mol. The van der Waals surface area contributed by atoms with Gasteiger partial charge in [0.15, 0.2) is 11.6 Å². The molecule has 0 rings (SSSR count). The molecule has 0 aliphatic heterocycles. The van der Waals surface area contributed by atoms with E-state index in [4.69, 9.17) is 0 Å². The normalized spacial score (nSPS) is 12.6. The van der Waals surface area contributed by atoms with Crippen molar-refractivity contribution in [3.63, 3.8) is 0 Å². The van der Waals surface area contributed by atoms with E-state index in [0.717, 1.165) is 0 Å². The molecule has 72 valence electrons. The van der Waals surface area contributed by atoms with Crippen molar-refractivity contribution in [3.8, 4) is 0 Å². The third kappa shape index (κ3) is 4.95. The van der Waals surface area contributed by atoms with Crippen LogP contribution in [0.15, 0.2) is 23.5 Å². The highest BCUT2D eigenvalue weighted by Gasteiger charge is 1.95. The van der Waals surface area contributed by atoms with Gasteiger partial charge >= 0.3 is 0 Å². The van der Waals surface area contributed by atoms with E-state index in [9.17, 15) is 9.59 Å². The number of ketones is 2. The Morgan fingerprint density at radius 2 is 1.15 bits per heavy atom. The first-order valence-corrected chi connectivity index (χ1v) is 4.06. The van der Waals surface area contributed by atoms with Gasteiger partial charge in [0.1, 0.15) is 0 Å². The van der Waals surface area contributed by atoms with Gasteiger partial charge in [-0.25, -0.2) is 0 Å². The van der Waals surface area contributed by atoms with Crippen molar-refractivity contribution in [2.24, 2.45) is 0 Å². The number of carbonyl (C=O) groups excluding carboxylic acids is 2. The fourth-order valence-corrected chi connectivity index (χ4v) is 0.495. The largest absolute Gasteiger partial charge is 0.367 e. The smallest absolute Gasteiger partial charge is 0.156 e. The minimum atomic E-state index is 0.0152. The summed E-state index contributed by atoms with van der Waals surface area (Å²) in [5.74, 6) is 0.0303. The molecule has 0 spiro atoms. The Morgan fingerprint density at radius 1 is 0.846 bits per heavy atom. The van der Waals surface area contributed by atoms with Crippen LogP contribution in [0.2, 0.25) is 0 Å². The molecule has 3 nitrogen and oxygen atoms in total. The van der Waals surface area contributed by atoms with Crippen molar-refractivity contribution in [1.29, 1.82) is 0 Å². The van der Waals surface area contributed by atoms with Crippen LogP contribution in [0, 0.1) is 0 Å². The Balaban J connectivity index is 4.19. The number of hydrogen-bond donors (Lipinski definition) is 1. The molecule has 0 amide bonds. The van der Waals surface area contributed by atoms with Crippen LogP contribution in [0.5, 0.6) is 0 Å². The van der Waals surface area contributed by atoms with Gasteiger partial charge in [0.05, 0.1) is 0 Å². The van der Waals surface area contributed by atoms with Crippen molar-refractivity contribution >= 4 is 11.6 Å². The second-order valence-electron chi connectivity index (χ2n) is 2.93. The fraction of sp³-hybridized carbons (Fsp3) is 0.400. The maximum atomic E-state index is 10.8. The molecular formula is C10H15NO2. The summed E-state index contributed by atoms with van der Waals surface area (Å²) >= 11 is 0. The second-order valence-corrected chi connectivity index (χ2v) is 2.93. The van der Waals surface area contributed by atoms with Gasteiger partial charge in [-0.15, -0.1) is 0 Å². The Morgan fingerprint density at radius 3 is 1.38 bits per heavy atom. The first-order chi connectivity index (χ1) is 5.95. The lowest BCUT2D eigenvalue weighted by Gasteiger charge is -1.96. The van der Waals surface area contributed by atoms with Crippen LogP contribution in [0.3, 0.4) is 0 Å². The standard InChI is InChI=1S/C10H15NO2/c1-7(9(3)12)5-11-6-8(2)10(4)13/h5-6,11H,1-4H3/b7-5+,8-6+. The molecule has 0 aliphatic rings. The number of allylic oxidation sites excluding steroid dienone is 2. The topological polar surface area (TPSA) is 46.2 Å².